The van der Waals surface area contributed by atoms with Crippen molar-refractivity contribution in [3.05, 3.63) is 11.6 Å². The van der Waals surface area contributed by atoms with Crippen LogP contribution in [0.15, 0.2) is 11.6 Å². The van der Waals surface area contributed by atoms with E-state index in [1.807, 2.05) is 6.92 Å². The van der Waals surface area contributed by atoms with Gasteiger partial charge in [-0.2, -0.15) is 0 Å². The van der Waals surface area contributed by atoms with Gasteiger partial charge in [-0.3, -0.25) is 14.4 Å². The Morgan fingerprint density at radius 1 is 1.23 bits per heavy atom. The number of ether oxygens (including phenoxy) is 1. The van der Waals surface area contributed by atoms with Crippen LogP contribution in [-0.2, 0) is 19.1 Å². The molecule has 0 amide bonds. The van der Waals surface area contributed by atoms with E-state index < -0.39 is 52.5 Å². The molecule has 0 radical (unpaired) electrons. The number of aliphatic hydroxyl groups excluding tert-OH is 1. The second-order valence-corrected chi connectivity index (χ2v) is 10.8. The second kappa shape index (κ2) is 6.95. The molecule has 0 aromatic heterocycles. The van der Waals surface area contributed by atoms with E-state index >= 15 is 4.39 Å². The first-order chi connectivity index (χ1) is 14.3. The summed E-state index contributed by atoms with van der Waals surface area (Å²) in [6.45, 7) is 6.06. The van der Waals surface area contributed by atoms with Gasteiger partial charge in [0, 0.05) is 29.6 Å². The summed E-state index contributed by atoms with van der Waals surface area (Å²) < 4.78 is 22.0. The summed E-state index contributed by atoms with van der Waals surface area (Å²) in [6, 6.07) is 0. The summed E-state index contributed by atoms with van der Waals surface area (Å²) in [5, 5.41) is 22.7. The Bertz CT molecular complexity index is 868. The van der Waals surface area contributed by atoms with Crippen molar-refractivity contribution < 1.29 is 33.7 Å². The maximum atomic E-state index is 17.1. The number of hydrogen-bond acceptors (Lipinski definition) is 6. The zero-order chi connectivity index (χ0) is 23.0. The number of aliphatic hydroxyl groups is 2. The molecule has 0 aliphatic heterocycles. The number of allylic oxidation sites excluding steroid dienone is 1. The molecule has 6 nitrogen and oxygen atoms in total. The number of halogens is 1. The number of ketones is 2. The summed E-state index contributed by atoms with van der Waals surface area (Å²) >= 11 is 0. The van der Waals surface area contributed by atoms with Gasteiger partial charge in [-0.1, -0.05) is 26.3 Å². The van der Waals surface area contributed by atoms with Crippen LogP contribution in [0.5, 0.6) is 0 Å². The van der Waals surface area contributed by atoms with Gasteiger partial charge in [0.1, 0.15) is 11.3 Å². The Kier molecular flexibility index (Phi) is 5.06. The smallest absolute Gasteiger partial charge is 0.303 e. The molecule has 0 bridgehead atoms. The van der Waals surface area contributed by atoms with Crippen LogP contribution < -0.4 is 0 Å². The fourth-order valence-electron chi connectivity index (χ4n) is 7.64. The van der Waals surface area contributed by atoms with Crippen molar-refractivity contribution in [3.63, 3.8) is 0 Å². The van der Waals surface area contributed by atoms with Gasteiger partial charge in [0.15, 0.2) is 12.4 Å². The van der Waals surface area contributed by atoms with E-state index in [0.717, 1.165) is 5.57 Å². The molecule has 0 aromatic carbocycles. The minimum absolute atomic E-state index is 0.0102. The van der Waals surface area contributed by atoms with E-state index in [2.05, 4.69) is 0 Å². The standard InChI is InChI=1S/C24H33FO6/c1-13-10-21(3)15(9-18(13)27)5-6-17-16-7-8-23(30,20(29)12-31-14(2)26)22(16,4)11-19(28)24(17,21)25/h9,13,16-17,19,28,30H,5-8,10-12H2,1-4H3/t13-,16-,17-,19-,21-,22-,23-,24-/m0/s1. The van der Waals surface area contributed by atoms with Crippen molar-refractivity contribution in [2.45, 2.75) is 83.6 Å². The van der Waals surface area contributed by atoms with Gasteiger partial charge >= 0.3 is 5.97 Å². The predicted molar refractivity (Wildman–Crippen MR) is 110 cm³/mol. The van der Waals surface area contributed by atoms with Crippen LogP contribution in [0.2, 0.25) is 0 Å². The zero-order valence-electron chi connectivity index (χ0n) is 18.7. The Morgan fingerprint density at radius 3 is 2.55 bits per heavy atom. The Labute approximate surface area is 182 Å². The van der Waals surface area contributed by atoms with Gasteiger partial charge in [0.2, 0.25) is 5.78 Å². The summed E-state index contributed by atoms with van der Waals surface area (Å²) in [6.07, 6.45) is 2.15. The molecular formula is C24H33FO6. The summed E-state index contributed by atoms with van der Waals surface area (Å²) in [7, 11) is 0. The normalized spacial score (nSPS) is 48.9. The zero-order valence-corrected chi connectivity index (χ0v) is 18.7. The van der Waals surface area contributed by atoms with Crippen LogP contribution in [0.25, 0.3) is 0 Å². The molecule has 4 aliphatic rings. The molecule has 3 fully saturated rings. The Balaban J connectivity index is 1.72. The lowest BCUT2D eigenvalue weighted by molar-refractivity contribution is -0.228. The highest BCUT2D eigenvalue weighted by molar-refractivity contribution is 5.93. The van der Waals surface area contributed by atoms with Crippen LogP contribution in [0.4, 0.5) is 4.39 Å². The van der Waals surface area contributed by atoms with Crippen LogP contribution in [0.3, 0.4) is 0 Å². The molecule has 0 aromatic rings. The van der Waals surface area contributed by atoms with Crippen molar-refractivity contribution in [1.82, 2.24) is 0 Å². The van der Waals surface area contributed by atoms with Crippen molar-refractivity contribution in [2.24, 2.45) is 28.6 Å². The lowest BCUT2D eigenvalue weighted by atomic mass is 9.43. The average molecular weight is 437 g/mol. The van der Waals surface area contributed by atoms with Crippen molar-refractivity contribution >= 4 is 17.5 Å². The third-order valence-electron chi connectivity index (χ3n) is 9.37. The molecule has 0 spiro atoms. The topological polar surface area (TPSA) is 101 Å². The molecule has 3 saturated carbocycles. The molecule has 31 heavy (non-hydrogen) atoms. The third kappa shape index (κ3) is 2.78. The summed E-state index contributed by atoms with van der Waals surface area (Å²) in [5.74, 6) is -2.32. The fourth-order valence-corrected chi connectivity index (χ4v) is 7.64. The van der Waals surface area contributed by atoms with Crippen molar-refractivity contribution in [2.75, 3.05) is 6.61 Å². The number of hydrogen-bond donors (Lipinski definition) is 2. The minimum Gasteiger partial charge on any atom is -0.458 e. The molecule has 4 aliphatic carbocycles. The number of rotatable bonds is 3. The number of carbonyl (C=O) groups is 3. The number of fused-ring (bicyclic) bond motifs is 5. The molecule has 2 N–H and O–H groups in total. The van der Waals surface area contributed by atoms with Gasteiger partial charge in [0.05, 0.1) is 6.10 Å². The molecule has 0 unspecified atom stereocenters. The van der Waals surface area contributed by atoms with Gasteiger partial charge in [0.25, 0.3) is 0 Å². The highest BCUT2D eigenvalue weighted by atomic mass is 19.1. The monoisotopic (exact) mass is 436 g/mol. The largest absolute Gasteiger partial charge is 0.458 e. The molecule has 8 atom stereocenters. The van der Waals surface area contributed by atoms with Crippen molar-refractivity contribution in [1.29, 1.82) is 0 Å². The lowest BCUT2D eigenvalue weighted by Gasteiger charge is -2.63. The number of Topliss-reactive ketones (excluding diaryl/α,β-unsaturated/α-hetero) is 1. The van der Waals surface area contributed by atoms with Crippen LogP contribution in [0, 0.1) is 28.6 Å². The molecule has 172 valence electrons. The highest BCUT2D eigenvalue weighted by Crippen LogP contribution is 2.70. The van der Waals surface area contributed by atoms with Crippen LogP contribution in [-0.4, -0.2) is 51.7 Å². The number of alkyl halides is 1. The quantitative estimate of drug-likeness (QED) is 0.660. The molecule has 0 saturated heterocycles. The fraction of sp³-hybridized carbons (Fsp3) is 0.792. The second-order valence-electron chi connectivity index (χ2n) is 10.8. The molecule has 7 heteroatoms. The van der Waals surface area contributed by atoms with Gasteiger partial charge in [-0.25, -0.2) is 4.39 Å². The summed E-state index contributed by atoms with van der Waals surface area (Å²) in [4.78, 5) is 36.3. The highest BCUT2D eigenvalue weighted by Gasteiger charge is 2.74. The SMILES string of the molecule is CC(=O)OCC(=O)[C@@]1(O)CC[C@H]2[C@@H]3CCC4=CC(=O)[C@@H](C)C[C@]4(C)[C@@]3(F)[C@@H](O)C[C@@]21C. The molecular weight excluding hydrogens is 403 g/mol. The van der Waals surface area contributed by atoms with Gasteiger partial charge < -0.3 is 14.9 Å². The summed E-state index contributed by atoms with van der Waals surface area (Å²) in [5.41, 5.74) is -4.90. The first-order valence-electron chi connectivity index (χ1n) is 11.3. The van der Waals surface area contributed by atoms with Crippen LogP contribution >= 0.6 is 0 Å². The average Bonchev–Trinajstić information content (AvgIpc) is 2.94. The van der Waals surface area contributed by atoms with Crippen molar-refractivity contribution in [3.8, 4) is 0 Å². The maximum absolute atomic E-state index is 17.1. The predicted octanol–water partition coefficient (Wildman–Crippen LogP) is 2.69. The minimum atomic E-state index is -1.93. The van der Waals surface area contributed by atoms with E-state index in [0.29, 0.717) is 25.7 Å². The van der Waals surface area contributed by atoms with E-state index in [-0.39, 0.29) is 30.5 Å². The van der Waals surface area contributed by atoms with E-state index in [9.17, 15) is 24.6 Å². The van der Waals surface area contributed by atoms with E-state index in [4.69, 9.17) is 4.74 Å². The maximum Gasteiger partial charge on any atom is 0.303 e. The Hall–Kier alpha value is -1.60. The first-order valence-corrected chi connectivity index (χ1v) is 11.3. The molecule has 4 rings (SSSR count). The van der Waals surface area contributed by atoms with Gasteiger partial charge in [-0.05, 0) is 50.5 Å². The third-order valence-corrected chi connectivity index (χ3v) is 9.37. The van der Waals surface area contributed by atoms with E-state index in [1.54, 1.807) is 19.9 Å². The number of esters is 1. The van der Waals surface area contributed by atoms with E-state index in [1.165, 1.54) is 6.92 Å². The number of carbonyl (C=O) groups excluding carboxylic acids is 3. The van der Waals surface area contributed by atoms with Gasteiger partial charge in [-0.15, -0.1) is 0 Å². The Morgan fingerprint density at radius 2 is 1.90 bits per heavy atom. The lowest BCUT2D eigenvalue weighted by Crippen LogP contribution is -2.69. The first kappa shape index (κ1) is 22.6. The van der Waals surface area contributed by atoms with Crippen LogP contribution in [0.1, 0.15) is 66.2 Å². The molecule has 0 heterocycles.